The van der Waals surface area contributed by atoms with Gasteiger partial charge in [-0.2, -0.15) is 0 Å². The van der Waals surface area contributed by atoms with Crippen LogP contribution in [0.3, 0.4) is 0 Å². The molecule has 0 atom stereocenters. The van der Waals surface area contributed by atoms with Crippen molar-refractivity contribution in [3.63, 3.8) is 0 Å². The van der Waals surface area contributed by atoms with Gasteiger partial charge in [-0.25, -0.2) is 15.0 Å². The Balaban J connectivity index is 0.000000105. The lowest BCUT2D eigenvalue weighted by Gasteiger charge is -2.15. The SMILES string of the molecule is c1ccc(-c2ccc(-c3nc(-c4ccccc4)n4c5ccc6c(c7ccccc7n6-c6ccccc6)c5c5ccccc5c34)cc2)cc1.c1ccc(-c2ccc(-c3nc(-c4ccccc4)n4c5ccc6c7ccccc7n(-c7ccccc7)c6c5c5ccccc5c34)cc2)cc1.c1ccc(-c2ccc3c(c2)c2c(-c4ccccc4)nc(-c4ccccc4)n2c2c3ccc3c2c2ccccc2n3-c2ccccc2)cc1. The summed E-state index contributed by atoms with van der Waals surface area (Å²) in [7, 11) is 0. The Hall–Kier alpha value is -19.4. The summed E-state index contributed by atoms with van der Waals surface area (Å²) in [6.45, 7) is 0. The summed E-state index contributed by atoms with van der Waals surface area (Å²) >= 11 is 0. The largest absolute Gasteiger partial charge is 0.309 e. The number of para-hydroxylation sites is 6. The predicted octanol–water partition coefficient (Wildman–Crippen LogP) is 35.2. The molecule has 21 aromatic carbocycles. The molecule has 672 valence electrons. The molecule has 0 unspecified atom stereocenters. The number of pyridine rings is 3. The van der Waals surface area contributed by atoms with Crippen LogP contribution in [0.5, 0.6) is 0 Å². The highest BCUT2D eigenvalue weighted by molar-refractivity contribution is 6.32. The smallest absolute Gasteiger partial charge is 0.145 e. The number of rotatable bonds is 12. The molecule has 30 rings (SSSR count). The van der Waals surface area contributed by atoms with Gasteiger partial charge in [0.15, 0.2) is 0 Å². The van der Waals surface area contributed by atoms with E-state index in [1.807, 2.05) is 0 Å². The van der Waals surface area contributed by atoms with Crippen LogP contribution in [0.15, 0.2) is 528 Å². The number of hydrogen-bond donors (Lipinski definition) is 0. The lowest BCUT2D eigenvalue weighted by molar-refractivity contribution is 1.18. The average Bonchev–Trinajstić information content (AvgIpc) is 1.53. The molecule has 0 aliphatic carbocycles. The molecule has 0 amide bonds. The topological polar surface area (TPSA) is 66.7 Å². The second kappa shape index (κ2) is 34.4. The molecule has 9 nitrogen and oxygen atoms in total. The summed E-state index contributed by atoms with van der Waals surface area (Å²) in [4.78, 5) is 16.5. The van der Waals surface area contributed by atoms with Gasteiger partial charge in [0, 0.05) is 115 Å². The van der Waals surface area contributed by atoms with Crippen LogP contribution in [-0.2, 0) is 0 Å². The van der Waals surface area contributed by atoms with Crippen molar-refractivity contribution in [2.24, 2.45) is 0 Å². The standard InChI is InChI=1S/3C45H29N3/c1-5-15-30(16-6-1)33-25-26-35-36-27-28-40-41(37-23-13-14-24-39(37)47(40)34-21-11-4-12-22-34)43(36)48-44(38(35)29-33)42(31-17-7-2-8-18-31)46-45(48)32-19-9-3-10-20-32;1-4-14-30(15-5-1)31-24-26-32(27-25-31)42-44-37-22-11-10-21-36(37)41-40(48(44)45(46-42)33-16-6-2-7-17-33)29-28-38-35-20-12-13-23-39(35)47(43(38)41)34-18-8-3-9-19-34;1-4-14-30(15-5-1)31-24-26-32(27-25-31)43-44-36-21-11-10-20-35(36)41-40(48(44)45(46-43)33-16-6-2-7-17-33)29-28-39-42(41)37-22-12-13-23-38(37)47(39)34-18-8-3-9-19-34/h3*1-29H. The fourth-order valence-electron chi connectivity index (χ4n) is 22.8. The van der Waals surface area contributed by atoms with Gasteiger partial charge in [-0.3, -0.25) is 13.2 Å². The van der Waals surface area contributed by atoms with Crippen LogP contribution in [0.1, 0.15) is 0 Å². The maximum absolute atomic E-state index is 5.54. The predicted molar refractivity (Wildman–Crippen MR) is 603 cm³/mol. The Morgan fingerprint density at radius 3 is 0.826 bits per heavy atom. The van der Waals surface area contributed by atoms with E-state index in [0.717, 1.165) is 113 Å². The molecule has 144 heavy (non-hydrogen) atoms. The van der Waals surface area contributed by atoms with Crippen LogP contribution in [0.25, 0.3) is 265 Å². The van der Waals surface area contributed by atoms with Gasteiger partial charge in [-0.05, 0) is 134 Å². The number of benzene rings is 21. The lowest BCUT2D eigenvalue weighted by atomic mass is 9.96. The number of hydrogen-bond acceptors (Lipinski definition) is 3. The van der Waals surface area contributed by atoms with Crippen LogP contribution >= 0.6 is 0 Å². The highest BCUT2D eigenvalue weighted by atomic mass is 15.1. The van der Waals surface area contributed by atoms with E-state index < -0.39 is 0 Å². The van der Waals surface area contributed by atoms with Gasteiger partial charge < -0.3 is 13.7 Å². The van der Waals surface area contributed by atoms with E-state index >= 15 is 0 Å². The molecular formula is C135H87N9. The molecule has 0 aliphatic rings. The molecule has 0 saturated heterocycles. The summed E-state index contributed by atoms with van der Waals surface area (Å²) < 4.78 is 14.5. The third-order valence-corrected chi connectivity index (χ3v) is 29.1. The third-order valence-electron chi connectivity index (χ3n) is 29.1. The van der Waals surface area contributed by atoms with Gasteiger partial charge in [0.05, 0.1) is 83.3 Å². The van der Waals surface area contributed by atoms with Gasteiger partial charge in [-0.15, -0.1) is 0 Å². The summed E-state index contributed by atoms with van der Waals surface area (Å²) in [6.07, 6.45) is 0. The highest BCUT2D eigenvalue weighted by Crippen LogP contribution is 2.51. The Bertz CT molecular complexity index is 10200. The lowest BCUT2D eigenvalue weighted by Crippen LogP contribution is -1.98. The van der Waals surface area contributed by atoms with Crippen LogP contribution in [0.2, 0.25) is 0 Å². The van der Waals surface area contributed by atoms with E-state index in [-0.39, 0.29) is 0 Å². The zero-order valence-electron chi connectivity index (χ0n) is 78.3. The van der Waals surface area contributed by atoms with Gasteiger partial charge in [-0.1, -0.05) is 443 Å². The van der Waals surface area contributed by atoms with Crippen molar-refractivity contribution in [2.75, 3.05) is 0 Å². The molecule has 9 aromatic heterocycles. The third kappa shape index (κ3) is 13.4. The molecule has 0 aliphatic heterocycles. The van der Waals surface area contributed by atoms with Crippen molar-refractivity contribution in [2.45, 2.75) is 0 Å². The first kappa shape index (κ1) is 82.9. The Labute approximate surface area is 829 Å². The molecule has 30 aromatic rings. The maximum atomic E-state index is 5.54. The molecule has 0 N–H and O–H groups in total. The zero-order chi connectivity index (χ0) is 94.8. The van der Waals surface area contributed by atoms with Crippen LogP contribution in [0.4, 0.5) is 0 Å². The Morgan fingerprint density at radius 1 is 0.125 bits per heavy atom. The first-order valence-corrected chi connectivity index (χ1v) is 49.2. The summed E-state index contributed by atoms with van der Waals surface area (Å²) in [5.41, 5.74) is 34.1. The second-order valence-electron chi connectivity index (χ2n) is 37.1. The van der Waals surface area contributed by atoms with Crippen molar-refractivity contribution in [3.05, 3.63) is 528 Å². The minimum Gasteiger partial charge on any atom is -0.309 e. The Morgan fingerprint density at radius 2 is 0.375 bits per heavy atom. The maximum Gasteiger partial charge on any atom is 0.145 e. The highest BCUT2D eigenvalue weighted by Gasteiger charge is 2.30. The first-order chi connectivity index (χ1) is 71.5. The zero-order valence-corrected chi connectivity index (χ0v) is 78.3. The van der Waals surface area contributed by atoms with Crippen LogP contribution in [-0.4, -0.2) is 41.9 Å². The van der Waals surface area contributed by atoms with Crippen LogP contribution in [0, 0.1) is 0 Å². The Kier molecular flexibility index (Phi) is 19.8. The molecule has 0 radical (unpaired) electrons. The van der Waals surface area contributed by atoms with E-state index in [1.165, 1.54) is 153 Å². The van der Waals surface area contributed by atoms with Crippen molar-refractivity contribution in [3.8, 4) is 118 Å². The van der Waals surface area contributed by atoms with E-state index in [1.54, 1.807) is 0 Å². The molecule has 0 fully saturated rings. The van der Waals surface area contributed by atoms with E-state index in [9.17, 15) is 0 Å². The fourth-order valence-corrected chi connectivity index (χ4v) is 22.8. The number of aromatic nitrogens is 9. The van der Waals surface area contributed by atoms with Gasteiger partial charge in [0.1, 0.15) is 17.5 Å². The quantitative estimate of drug-likeness (QED) is 0.115. The summed E-state index contributed by atoms with van der Waals surface area (Å²) in [5, 5.41) is 18.3. The molecular weight excluding hydrogens is 1750 g/mol. The number of fused-ring (bicyclic) bond motifs is 30. The molecule has 0 bridgehead atoms. The number of nitrogens with zero attached hydrogens (tertiary/aromatic N) is 9. The van der Waals surface area contributed by atoms with Gasteiger partial charge in [0.2, 0.25) is 0 Å². The van der Waals surface area contributed by atoms with E-state index in [4.69, 9.17) is 15.0 Å². The summed E-state index contributed by atoms with van der Waals surface area (Å²) in [6, 6.07) is 189. The normalized spacial score (nSPS) is 11.8. The second-order valence-corrected chi connectivity index (χ2v) is 37.1. The minimum atomic E-state index is 0.935. The van der Waals surface area contributed by atoms with Gasteiger partial charge in [0.25, 0.3) is 0 Å². The average molecular weight is 1840 g/mol. The first-order valence-electron chi connectivity index (χ1n) is 49.2. The molecule has 9 heteroatoms. The van der Waals surface area contributed by atoms with Crippen molar-refractivity contribution in [1.29, 1.82) is 0 Å². The van der Waals surface area contributed by atoms with Gasteiger partial charge >= 0.3 is 0 Å². The summed E-state index contributed by atoms with van der Waals surface area (Å²) in [5.74, 6) is 2.81. The van der Waals surface area contributed by atoms with Crippen molar-refractivity contribution >= 4 is 147 Å². The monoisotopic (exact) mass is 1830 g/mol. The molecule has 9 heterocycles. The van der Waals surface area contributed by atoms with E-state index in [0.29, 0.717) is 0 Å². The molecule has 0 spiro atoms. The molecule has 0 saturated carbocycles. The van der Waals surface area contributed by atoms with Crippen LogP contribution < -0.4 is 0 Å². The fraction of sp³-hybridized carbons (Fsp3) is 0. The van der Waals surface area contributed by atoms with Crippen molar-refractivity contribution < 1.29 is 0 Å². The number of imidazole rings is 3. The van der Waals surface area contributed by atoms with Crippen molar-refractivity contribution in [1.82, 2.24) is 41.9 Å². The van der Waals surface area contributed by atoms with E-state index in [2.05, 4.69) is 555 Å². The minimum absolute atomic E-state index is 0.935.